The molecular weight excluding hydrogens is 236 g/mol. The predicted octanol–water partition coefficient (Wildman–Crippen LogP) is -0.0894. The van der Waals surface area contributed by atoms with Crippen molar-refractivity contribution < 1.29 is 4.74 Å². The fourth-order valence-electron chi connectivity index (χ4n) is 1.89. The van der Waals surface area contributed by atoms with Crippen LogP contribution in [0.2, 0.25) is 0 Å². The van der Waals surface area contributed by atoms with E-state index in [1.165, 1.54) is 15.5 Å². The smallest absolute Gasteiger partial charge is 0.332 e. The molecule has 0 radical (unpaired) electrons. The Bertz CT molecular complexity index is 680. The second-order valence-corrected chi connectivity index (χ2v) is 3.90. The molecule has 0 unspecified atom stereocenters. The summed E-state index contributed by atoms with van der Waals surface area (Å²) in [5.41, 5.74) is 0.103. The highest BCUT2D eigenvalue weighted by Crippen LogP contribution is 2.05. The average Bonchev–Trinajstić information content (AvgIpc) is 2.78. The van der Waals surface area contributed by atoms with Crippen LogP contribution in [0.5, 0.6) is 0 Å². The van der Waals surface area contributed by atoms with Crippen molar-refractivity contribution in [2.24, 2.45) is 7.05 Å². The number of ether oxygens (including phenoxy) is 1. The molecule has 2 heterocycles. The second kappa shape index (κ2) is 4.77. The van der Waals surface area contributed by atoms with Crippen LogP contribution in [-0.4, -0.2) is 25.3 Å². The van der Waals surface area contributed by atoms with Crippen LogP contribution in [0.4, 0.5) is 0 Å². The highest BCUT2D eigenvalue weighted by atomic mass is 16.5. The summed E-state index contributed by atoms with van der Waals surface area (Å²) in [6, 6.07) is 0. The zero-order valence-corrected chi connectivity index (χ0v) is 10.7. The summed E-state index contributed by atoms with van der Waals surface area (Å²) in [6.07, 6.45) is 1.52. The van der Waals surface area contributed by atoms with Crippen molar-refractivity contribution in [1.29, 1.82) is 0 Å². The van der Waals surface area contributed by atoms with Gasteiger partial charge in [-0.1, -0.05) is 0 Å². The molecule has 0 atom stereocenters. The van der Waals surface area contributed by atoms with E-state index in [2.05, 4.69) is 4.98 Å². The molecule has 0 spiro atoms. The van der Waals surface area contributed by atoms with Gasteiger partial charge < -0.3 is 9.30 Å². The minimum absolute atomic E-state index is 0.254. The molecule has 0 N–H and O–H groups in total. The lowest BCUT2D eigenvalue weighted by Crippen LogP contribution is -2.39. The topological polar surface area (TPSA) is 71.1 Å². The Labute approximate surface area is 103 Å². The van der Waals surface area contributed by atoms with E-state index in [0.29, 0.717) is 24.3 Å². The standard InChI is InChI=1S/C11H16N4O3/c1-4-15-10(16)8-9(13(3)11(15)17)12-6-14(8)7-18-5-2/h6H,4-5,7H2,1-3H3. The van der Waals surface area contributed by atoms with E-state index in [9.17, 15) is 9.59 Å². The van der Waals surface area contributed by atoms with Gasteiger partial charge in [-0.3, -0.25) is 13.9 Å². The zero-order valence-electron chi connectivity index (χ0n) is 10.7. The van der Waals surface area contributed by atoms with Crippen molar-refractivity contribution >= 4 is 11.2 Å². The first-order chi connectivity index (χ1) is 8.61. The quantitative estimate of drug-likeness (QED) is 0.762. The van der Waals surface area contributed by atoms with Crippen LogP contribution in [0.3, 0.4) is 0 Å². The van der Waals surface area contributed by atoms with Crippen LogP contribution in [-0.2, 0) is 25.1 Å². The van der Waals surface area contributed by atoms with Crippen molar-refractivity contribution in [3.8, 4) is 0 Å². The van der Waals surface area contributed by atoms with Gasteiger partial charge in [0.25, 0.3) is 5.56 Å². The molecular formula is C11H16N4O3. The summed E-state index contributed by atoms with van der Waals surface area (Å²) in [7, 11) is 1.61. The Hall–Kier alpha value is -1.89. The normalized spacial score (nSPS) is 11.3. The number of hydrogen-bond donors (Lipinski definition) is 0. The Morgan fingerprint density at radius 2 is 2.06 bits per heavy atom. The van der Waals surface area contributed by atoms with Gasteiger partial charge >= 0.3 is 5.69 Å². The third-order valence-corrected chi connectivity index (χ3v) is 2.85. The van der Waals surface area contributed by atoms with Crippen LogP contribution >= 0.6 is 0 Å². The van der Waals surface area contributed by atoms with Gasteiger partial charge in [0.1, 0.15) is 6.73 Å². The van der Waals surface area contributed by atoms with Gasteiger partial charge in [0.15, 0.2) is 11.2 Å². The maximum Gasteiger partial charge on any atom is 0.332 e. The second-order valence-electron chi connectivity index (χ2n) is 3.90. The van der Waals surface area contributed by atoms with E-state index >= 15 is 0 Å². The summed E-state index contributed by atoms with van der Waals surface area (Å²) in [5, 5.41) is 0. The number of hydrogen-bond acceptors (Lipinski definition) is 4. The first-order valence-electron chi connectivity index (χ1n) is 5.84. The van der Waals surface area contributed by atoms with Crippen LogP contribution in [0.1, 0.15) is 13.8 Å². The Balaban J connectivity index is 2.77. The number of nitrogens with zero attached hydrogens (tertiary/aromatic N) is 4. The largest absolute Gasteiger partial charge is 0.361 e. The molecule has 98 valence electrons. The van der Waals surface area contributed by atoms with Gasteiger partial charge in [0.05, 0.1) is 6.33 Å². The first kappa shape index (κ1) is 12.6. The Morgan fingerprint density at radius 1 is 1.33 bits per heavy atom. The van der Waals surface area contributed by atoms with Gasteiger partial charge in [-0.2, -0.15) is 0 Å². The molecule has 18 heavy (non-hydrogen) atoms. The minimum atomic E-state index is -0.350. The summed E-state index contributed by atoms with van der Waals surface area (Å²) in [4.78, 5) is 28.2. The van der Waals surface area contributed by atoms with Crippen molar-refractivity contribution in [1.82, 2.24) is 18.7 Å². The third kappa shape index (κ3) is 1.76. The highest BCUT2D eigenvalue weighted by molar-refractivity contribution is 5.69. The predicted molar refractivity (Wildman–Crippen MR) is 66.5 cm³/mol. The van der Waals surface area contributed by atoms with Gasteiger partial charge in [-0.05, 0) is 13.8 Å². The lowest BCUT2D eigenvalue weighted by atomic mass is 10.5. The number of fused-ring (bicyclic) bond motifs is 1. The van der Waals surface area contributed by atoms with E-state index in [1.54, 1.807) is 18.5 Å². The van der Waals surface area contributed by atoms with Crippen molar-refractivity contribution in [3.63, 3.8) is 0 Å². The van der Waals surface area contributed by atoms with Gasteiger partial charge in [-0.15, -0.1) is 0 Å². The number of rotatable bonds is 4. The molecule has 0 aliphatic carbocycles. The van der Waals surface area contributed by atoms with Crippen molar-refractivity contribution in [2.75, 3.05) is 6.61 Å². The fraction of sp³-hybridized carbons (Fsp3) is 0.545. The molecule has 0 saturated heterocycles. The molecule has 7 nitrogen and oxygen atoms in total. The molecule has 0 saturated carbocycles. The number of aromatic nitrogens is 4. The maximum absolute atomic E-state index is 12.2. The number of imidazole rings is 1. The minimum Gasteiger partial charge on any atom is -0.361 e. The molecule has 0 amide bonds. The van der Waals surface area contributed by atoms with Crippen LogP contribution < -0.4 is 11.2 Å². The van der Waals surface area contributed by atoms with Crippen LogP contribution in [0, 0.1) is 0 Å². The Kier molecular flexibility index (Phi) is 3.33. The van der Waals surface area contributed by atoms with Crippen molar-refractivity contribution in [3.05, 3.63) is 27.2 Å². The Morgan fingerprint density at radius 3 is 2.67 bits per heavy atom. The molecule has 7 heteroatoms. The average molecular weight is 252 g/mol. The van der Waals surface area contributed by atoms with Gasteiger partial charge in [0.2, 0.25) is 0 Å². The fourth-order valence-corrected chi connectivity index (χ4v) is 1.89. The molecule has 0 fully saturated rings. The van der Waals surface area contributed by atoms with Gasteiger partial charge in [0, 0.05) is 20.2 Å². The lowest BCUT2D eigenvalue weighted by molar-refractivity contribution is 0.0903. The van der Waals surface area contributed by atoms with Crippen LogP contribution in [0.15, 0.2) is 15.9 Å². The van der Waals surface area contributed by atoms with E-state index in [-0.39, 0.29) is 18.0 Å². The molecule has 0 aromatic carbocycles. The molecule has 0 aliphatic heterocycles. The van der Waals surface area contributed by atoms with Crippen molar-refractivity contribution in [2.45, 2.75) is 27.1 Å². The van der Waals surface area contributed by atoms with E-state index < -0.39 is 0 Å². The third-order valence-electron chi connectivity index (χ3n) is 2.85. The summed E-state index contributed by atoms with van der Waals surface area (Å²) < 4.78 is 9.45. The molecule has 0 aliphatic rings. The molecule has 2 aromatic rings. The highest BCUT2D eigenvalue weighted by Gasteiger charge is 2.14. The van der Waals surface area contributed by atoms with E-state index in [0.717, 1.165) is 0 Å². The maximum atomic E-state index is 12.2. The zero-order chi connectivity index (χ0) is 13.3. The summed E-state index contributed by atoms with van der Waals surface area (Å²) in [6.45, 7) is 4.77. The SMILES string of the molecule is CCOCn1cnc2c1c(=O)n(CC)c(=O)n2C. The first-order valence-corrected chi connectivity index (χ1v) is 5.84. The van der Waals surface area contributed by atoms with Crippen LogP contribution in [0.25, 0.3) is 11.2 Å². The molecule has 0 bridgehead atoms. The summed E-state index contributed by atoms with van der Waals surface area (Å²) >= 11 is 0. The monoisotopic (exact) mass is 252 g/mol. The molecule has 2 aromatic heterocycles. The lowest BCUT2D eigenvalue weighted by Gasteiger charge is -2.07. The number of aryl methyl sites for hydroxylation is 1. The van der Waals surface area contributed by atoms with E-state index in [1.807, 2.05) is 6.92 Å². The molecule has 2 rings (SSSR count). The van der Waals surface area contributed by atoms with Gasteiger partial charge in [-0.25, -0.2) is 9.78 Å². The van der Waals surface area contributed by atoms with E-state index in [4.69, 9.17) is 4.74 Å². The summed E-state index contributed by atoms with van der Waals surface area (Å²) in [5.74, 6) is 0.